The van der Waals surface area contributed by atoms with Crippen LogP contribution in [0, 0.1) is 0 Å². The van der Waals surface area contributed by atoms with E-state index in [9.17, 15) is 8.78 Å². The molecule has 0 aliphatic carbocycles. The Morgan fingerprint density at radius 1 is 1.16 bits per heavy atom. The first-order chi connectivity index (χ1) is 15.1. The van der Waals surface area contributed by atoms with Crippen LogP contribution in [-0.4, -0.2) is 42.3 Å². The SMILES string of the molecule is CCOc1cccc(CNC(=NC)NCCCn2cnc3ccccc32)c1OC(F)F.I. The van der Waals surface area contributed by atoms with Crippen LogP contribution in [0.2, 0.25) is 0 Å². The molecule has 0 aliphatic heterocycles. The molecule has 32 heavy (non-hydrogen) atoms. The van der Waals surface area contributed by atoms with Crippen molar-refractivity contribution < 1.29 is 18.3 Å². The Labute approximate surface area is 203 Å². The van der Waals surface area contributed by atoms with Gasteiger partial charge in [-0.1, -0.05) is 24.3 Å². The summed E-state index contributed by atoms with van der Waals surface area (Å²) in [7, 11) is 1.66. The van der Waals surface area contributed by atoms with E-state index in [0.29, 0.717) is 24.7 Å². The van der Waals surface area contributed by atoms with Crippen molar-refractivity contribution in [2.45, 2.75) is 33.0 Å². The minimum absolute atomic E-state index is 0. The summed E-state index contributed by atoms with van der Waals surface area (Å²) in [6.07, 6.45) is 2.70. The van der Waals surface area contributed by atoms with E-state index in [0.717, 1.165) is 24.0 Å². The number of benzene rings is 2. The summed E-state index contributed by atoms with van der Waals surface area (Å²) in [5, 5.41) is 6.37. The first kappa shape index (κ1) is 25.6. The maximum Gasteiger partial charge on any atom is 0.387 e. The second-order valence-electron chi connectivity index (χ2n) is 6.69. The number of nitrogens with zero attached hydrogens (tertiary/aromatic N) is 3. The van der Waals surface area contributed by atoms with Gasteiger partial charge in [0, 0.05) is 32.2 Å². The minimum atomic E-state index is -2.93. The number of aromatic nitrogens is 2. The van der Waals surface area contributed by atoms with Crippen molar-refractivity contribution in [3.8, 4) is 11.5 Å². The lowest BCUT2D eigenvalue weighted by atomic mass is 10.2. The zero-order chi connectivity index (χ0) is 22.1. The van der Waals surface area contributed by atoms with Gasteiger partial charge >= 0.3 is 6.61 Å². The summed E-state index contributed by atoms with van der Waals surface area (Å²) < 4.78 is 38.0. The van der Waals surface area contributed by atoms with E-state index in [1.54, 1.807) is 32.2 Å². The quantitative estimate of drug-likeness (QED) is 0.167. The molecular weight excluding hydrogens is 531 g/mol. The van der Waals surface area contributed by atoms with Gasteiger partial charge in [-0.15, -0.1) is 24.0 Å². The van der Waals surface area contributed by atoms with Crippen LogP contribution in [0.15, 0.2) is 53.8 Å². The molecule has 0 spiro atoms. The van der Waals surface area contributed by atoms with Crippen molar-refractivity contribution >= 4 is 41.0 Å². The predicted octanol–water partition coefficient (Wildman–Crippen LogP) is 4.41. The maximum atomic E-state index is 12.9. The van der Waals surface area contributed by atoms with Gasteiger partial charge in [0.2, 0.25) is 0 Å². The number of hydrogen-bond donors (Lipinski definition) is 2. The molecular formula is C22H28F2IN5O2. The molecule has 0 atom stereocenters. The molecule has 2 N–H and O–H groups in total. The molecule has 1 aromatic heterocycles. The molecule has 0 bridgehead atoms. The van der Waals surface area contributed by atoms with E-state index in [1.807, 2.05) is 30.6 Å². The van der Waals surface area contributed by atoms with E-state index in [1.165, 1.54) is 0 Å². The molecule has 174 valence electrons. The van der Waals surface area contributed by atoms with E-state index >= 15 is 0 Å². The summed E-state index contributed by atoms with van der Waals surface area (Å²) in [5.74, 6) is 0.896. The van der Waals surface area contributed by atoms with Crippen molar-refractivity contribution in [3.63, 3.8) is 0 Å². The molecule has 0 amide bonds. The van der Waals surface area contributed by atoms with Crippen LogP contribution in [0.25, 0.3) is 11.0 Å². The van der Waals surface area contributed by atoms with Crippen LogP contribution < -0.4 is 20.1 Å². The maximum absolute atomic E-state index is 12.9. The number of guanidine groups is 1. The van der Waals surface area contributed by atoms with Gasteiger partial charge in [-0.2, -0.15) is 8.78 Å². The molecule has 1 heterocycles. The van der Waals surface area contributed by atoms with Crippen LogP contribution in [0.1, 0.15) is 18.9 Å². The Balaban J connectivity index is 0.00000363. The van der Waals surface area contributed by atoms with Crippen LogP contribution in [-0.2, 0) is 13.1 Å². The fourth-order valence-electron chi connectivity index (χ4n) is 3.24. The predicted molar refractivity (Wildman–Crippen MR) is 132 cm³/mol. The minimum Gasteiger partial charge on any atom is -0.490 e. The molecule has 7 nitrogen and oxygen atoms in total. The fourth-order valence-corrected chi connectivity index (χ4v) is 3.24. The van der Waals surface area contributed by atoms with Crippen molar-refractivity contribution in [1.82, 2.24) is 20.2 Å². The first-order valence-electron chi connectivity index (χ1n) is 10.2. The van der Waals surface area contributed by atoms with Gasteiger partial charge in [0.25, 0.3) is 0 Å². The van der Waals surface area contributed by atoms with Crippen LogP contribution in [0.4, 0.5) is 8.78 Å². The molecule has 3 aromatic rings. The lowest BCUT2D eigenvalue weighted by Gasteiger charge is -2.17. The number of rotatable bonds is 10. The van der Waals surface area contributed by atoms with Gasteiger partial charge < -0.3 is 24.7 Å². The Hall–Kier alpha value is -2.63. The summed E-state index contributed by atoms with van der Waals surface area (Å²) in [5.41, 5.74) is 2.63. The van der Waals surface area contributed by atoms with E-state index in [2.05, 4.69) is 25.2 Å². The van der Waals surface area contributed by atoms with Crippen molar-refractivity contribution in [2.75, 3.05) is 20.2 Å². The zero-order valence-corrected chi connectivity index (χ0v) is 20.4. The van der Waals surface area contributed by atoms with Crippen molar-refractivity contribution in [3.05, 3.63) is 54.4 Å². The standard InChI is InChI=1S/C22H27F2N5O2.HI/c1-3-30-19-11-6-8-16(20(19)31-21(23)24)14-27-22(25-2)26-12-7-13-29-15-28-17-9-4-5-10-18(17)29;/h4-6,8-11,15,21H,3,7,12-14H2,1-2H3,(H2,25,26,27);1H. The van der Waals surface area contributed by atoms with Crippen molar-refractivity contribution in [2.24, 2.45) is 4.99 Å². The third kappa shape index (κ3) is 6.94. The Kier molecular flexibility index (Phi) is 10.4. The van der Waals surface area contributed by atoms with Gasteiger partial charge in [0.15, 0.2) is 17.5 Å². The number of nitrogens with one attached hydrogen (secondary N) is 2. The number of ether oxygens (including phenoxy) is 2. The van der Waals surface area contributed by atoms with E-state index in [-0.39, 0.29) is 42.0 Å². The molecule has 0 saturated carbocycles. The molecule has 0 aliphatic rings. The van der Waals surface area contributed by atoms with Crippen LogP contribution in [0.5, 0.6) is 11.5 Å². The third-order valence-corrected chi connectivity index (χ3v) is 4.63. The molecule has 10 heteroatoms. The second-order valence-corrected chi connectivity index (χ2v) is 6.69. The van der Waals surface area contributed by atoms with E-state index in [4.69, 9.17) is 9.47 Å². The number of para-hydroxylation sites is 3. The Morgan fingerprint density at radius 2 is 1.97 bits per heavy atom. The topological polar surface area (TPSA) is 72.7 Å². The van der Waals surface area contributed by atoms with Crippen molar-refractivity contribution in [1.29, 1.82) is 0 Å². The highest BCUT2D eigenvalue weighted by Crippen LogP contribution is 2.32. The first-order valence-corrected chi connectivity index (χ1v) is 10.2. The fraction of sp³-hybridized carbons (Fsp3) is 0.364. The molecule has 0 radical (unpaired) electrons. The summed E-state index contributed by atoms with van der Waals surface area (Å²) in [4.78, 5) is 8.58. The largest absolute Gasteiger partial charge is 0.490 e. The Bertz CT molecular complexity index is 1010. The lowest BCUT2D eigenvalue weighted by Crippen LogP contribution is -2.37. The normalized spacial score (nSPS) is 11.3. The number of fused-ring (bicyclic) bond motifs is 1. The number of aryl methyl sites for hydroxylation is 1. The average molecular weight is 559 g/mol. The average Bonchev–Trinajstić information content (AvgIpc) is 3.18. The van der Waals surface area contributed by atoms with Gasteiger partial charge in [0.05, 0.1) is 24.0 Å². The number of aliphatic imine (C=N–C) groups is 1. The van der Waals surface area contributed by atoms with Crippen LogP contribution >= 0.6 is 24.0 Å². The monoisotopic (exact) mass is 559 g/mol. The molecule has 3 rings (SSSR count). The van der Waals surface area contributed by atoms with Gasteiger partial charge in [-0.3, -0.25) is 4.99 Å². The highest BCUT2D eigenvalue weighted by atomic mass is 127. The number of hydrogen-bond acceptors (Lipinski definition) is 4. The van der Waals surface area contributed by atoms with Gasteiger partial charge in [-0.25, -0.2) is 4.98 Å². The lowest BCUT2D eigenvalue weighted by molar-refractivity contribution is -0.0520. The second kappa shape index (κ2) is 13.0. The number of alkyl halides is 2. The van der Waals surface area contributed by atoms with Gasteiger partial charge in [-0.05, 0) is 31.5 Å². The smallest absolute Gasteiger partial charge is 0.387 e. The molecule has 0 fully saturated rings. The number of imidazole rings is 1. The number of halogens is 3. The molecule has 0 saturated heterocycles. The summed E-state index contributed by atoms with van der Waals surface area (Å²) in [6.45, 7) is 0.965. The van der Waals surface area contributed by atoms with E-state index < -0.39 is 6.61 Å². The van der Waals surface area contributed by atoms with Gasteiger partial charge in [0.1, 0.15) is 0 Å². The summed E-state index contributed by atoms with van der Waals surface area (Å²) in [6, 6.07) is 13.1. The highest BCUT2D eigenvalue weighted by molar-refractivity contribution is 14.0. The van der Waals surface area contributed by atoms with Crippen LogP contribution in [0.3, 0.4) is 0 Å². The molecule has 0 unspecified atom stereocenters. The zero-order valence-electron chi connectivity index (χ0n) is 18.1. The third-order valence-electron chi connectivity index (χ3n) is 4.63. The molecule has 2 aromatic carbocycles. The summed E-state index contributed by atoms with van der Waals surface area (Å²) >= 11 is 0. The highest BCUT2D eigenvalue weighted by Gasteiger charge is 2.16. The Morgan fingerprint density at radius 3 is 2.72 bits per heavy atom.